The lowest BCUT2D eigenvalue weighted by atomic mass is 10.2. The van der Waals surface area contributed by atoms with Gasteiger partial charge in [-0.25, -0.2) is 4.79 Å². The van der Waals surface area contributed by atoms with Gasteiger partial charge < -0.3 is 18.9 Å². The molecule has 0 aliphatic heterocycles. The molecule has 0 unspecified atom stereocenters. The highest BCUT2D eigenvalue weighted by Gasteiger charge is 2.14. The fraction of sp³-hybridized carbons (Fsp3) is 0.462. The lowest BCUT2D eigenvalue weighted by Crippen LogP contribution is -2.11. The molecule has 1 aromatic carbocycles. The van der Waals surface area contributed by atoms with Gasteiger partial charge in [0, 0.05) is 11.8 Å². The summed E-state index contributed by atoms with van der Waals surface area (Å²) in [5, 5.41) is 0. The first-order valence-corrected chi connectivity index (χ1v) is 6.44. The Morgan fingerprint density at radius 3 is 2.63 bits per heavy atom. The van der Waals surface area contributed by atoms with Crippen LogP contribution >= 0.6 is 12.6 Å². The van der Waals surface area contributed by atoms with Crippen LogP contribution in [0, 0.1) is 0 Å². The summed E-state index contributed by atoms with van der Waals surface area (Å²) < 4.78 is 20.5. The SMILES string of the molecule is COC(=O)c1ccc(OC)cc1OCCOCCS. The first-order chi connectivity index (χ1) is 9.22. The van der Waals surface area contributed by atoms with Crippen molar-refractivity contribution in [1.82, 2.24) is 0 Å². The predicted molar refractivity (Wildman–Crippen MR) is 74.5 cm³/mol. The van der Waals surface area contributed by atoms with Crippen molar-refractivity contribution in [3.63, 3.8) is 0 Å². The highest BCUT2D eigenvalue weighted by atomic mass is 32.1. The monoisotopic (exact) mass is 286 g/mol. The average molecular weight is 286 g/mol. The molecule has 0 N–H and O–H groups in total. The molecular weight excluding hydrogens is 268 g/mol. The van der Waals surface area contributed by atoms with Crippen LogP contribution in [0.2, 0.25) is 0 Å². The predicted octanol–water partition coefficient (Wildman–Crippen LogP) is 1.81. The number of methoxy groups -OCH3 is 2. The normalized spacial score (nSPS) is 10.1. The van der Waals surface area contributed by atoms with E-state index in [-0.39, 0.29) is 0 Å². The van der Waals surface area contributed by atoms with Gasteiger partial charge in [0.2, 0.25) is 0 Å². The molecular formula is C13H18O5S. The molecule has 0 saturated carbocycles. The minimum absolute atomic E-state index is 0.338. The first-order valence-electron chi connectivity index (χ1n) is 5.80. The molecule has 0 aromatic heterocycles. The molecule has 0 heterocycles. The Balaban J connectivity index is 2.69. The van der Waals surface area contributed by atoms with E-state index < -0.39 is 5.97 Å². The Bertz CT molecular complexity index is 408. The van der Waals surface area contributed by atoms with Crippen molar-refractivity contribution in [2.24, 2.45) is 0 Å². The van der Waals surface area contributed by atoms with E-state index >= 15 is 0 Å². The van der Waals surface area contributed by atoms with Gasteiger partial charge in [0.1, 0.15) is 23.7 Å². The zero-order chi connectivity index (χ0) is 14.1. The molecule has 1 rings (SSSR count). The minimum Gasteiger partial charge on any atom is -0.497 e. The van der Waals surface area contributed by atoms with Crippen molar-refractivity contribution in [1.29, 1.82) is 0 Å². The molecule has 0 fully saturated rings. The molecule has 1 aromatic rings. The highest BCUT2D eigenvalue weighted by Crippen LogP contribution is 2.25. The van der Waals surface area contributed by atoms with Gasteiger partial charge in [0.25, 0.3) is 0 Å². The lowest BCUT2D eigenvalue weighted by molar-refractivity contribution is 0.0592. The molecule has 0 saturated heterocycles. The maximum absolute atomic E-state index is 11.6. The summed E-state index contributed by atoms with van der Waals surface area (Å²) in [5.74, 6) is 1.24. The number of hydrogen-bond acceptors (Lipinski definition) is 6. The van der Waals surface area contributed by atoms with Crippen molar-refractivity contribution in [3.8, 4) is 11.5 Å². The fourth-order valence-corrected chi connectivity index (χ4v) is 1.53. The quantitative estimate of drug-likeness (QED) is 0.449. The van der Waals surface area contributed by atoms with Crippen LogP contribution in [0.15, 0.2) is 18.2 Å². The van der Waals surface area contributed by atoms with E-state index in [9.17, 15) is 4.79 Å². The van der Waals surface area contributed by atoms with E-state index in [4.69, 9.17) is 18.9 Å². The Morgan fingerprint density at radius 1 is 1.21 bits per heavy atom. The summed E-state index contributed by atoms with van der Waals surface area (Å²) in [7, 11) is 2.87. The number of benzene rings is 1. The summed E-state index contributed by atoms with van der Waals surface area (Å²) in [6.45, 7) is 1.33. The average Bonchev–Trinajstić information content (AvgIpc) is 2.46. The van der Waals surface area contributed by atoms with E-state index in [1.54, 1.807) is 25.3 Å². The number of thiol groups is 1. The van der Waals surface area contributed by atoms with Crippen LogP contribution < -0.4 is 9.47 Å². The van der Waals surface area contributed by atoms with Crippen LogP contribution in [0.5, 0.6) is 11.5 Å². The van der Waals surface area contributed by atoms with Crippen molar-refractivity contribution in [2.75, 3.05) is 39.8 Å². The molecule has 0 aliphatic rings. The van der Waals surface area contributed by atoms with Gasteiger partial charge in [-0.2, -0.15) is 12.6 Å². The third-order valence-electron chi connectivity index (χ3n) is 2.31. The summed E-state index contributed by atoms with van der Waals surface area (Å²) in [6.07, 6.45) is 0. The second-order valence-corrected chi connectivity index (χ2v) is 3.99. The zero-order valence-corrected chi connectivity index (χ0v) is 11.9. The Hall–Kier alpha value is -1.40. The van der Waals surface area contributed by atoms with Crippen molar-refractivity contribution in [2.45, 2.75) is 0 Å². The van der Waals surface area contributed by atoms with E-state index in [0.717, 1.165) is 0 Å². The third-order valence-corrected chi connectivity index (χ3v) is 2.50. The molecule has 0 atom stereocenters. The standard InChI is InChI=1S/C13H18O5S/c1-15-10-3-4-11(13(14)16-2)12(9-10)18-6-5-17-7-8-19/h3-4,9,19H,5-8H2,1-2H3. The van der Waals surface area contributed by atoms with Crippen LogP contribution in [-0.4, -0.2) is 45.8 Å². The fourth-order valence-electron chi connectivity index (χ4n) is 1.40. The summed E-state index contributed by atoms with van der Waals surface area (Å²) in [5.41, 5.74) is 0.359. The number of hydrogen-bond donors (Lipinski definition) is 1. The maximum atomic E-state index is 11.6. The third kappa shape index (κ3) is 5.00. The maximum Gasteiger partial charge on any atom is 0.341 e. The topological polar surface area (TPSA) is 54.0 Å². The van der Waals surface area contributed by atoms with E-state index in [0.29, 0.717) is 42.6 Å². The molecule has 19 heavy (non-hydrogen) atoms. The second-order valence-electron chi connectivity index (χ2n) is 3.54. The van der Waals surface area contributed by atoms with Crippen LogP contribution in [0.25, 0.3) is 0 Å². The van der Waals surface area contributed by atoms with Gasteiger partial charge in [-0.3, -0.25) is 0 Å². The second kappa shape index (κ2) is 8.66. The highest BCUT2D eigenvalue weighted by molar-refractivity contribution is 7.80. The molecule has 0 radical (unpaired) electrons. The van der Waals surface area contributed by atoms with Crippen molar-refractivity contribution < 1.29 is 23.7 Å². The molecule has 106 valence electrons. The van der Waals surface area contributed by atoms with Crippen molar-refractivity contribution in [3.05, 3.63) is 23.8 Å². The van der Waals surface area contributed by atoms with Gasteiger partial charge in [-0.15, -0.1) is 0 Å². The van der Waals surface area contributed by atoms with Crippen LogP contribution in [0.3, 0.4) is 0 Å². The smallest absolute Gasteiger partial charge is 0.341 e. The van der Waals surface area contributed by atoms with Crippen molar-refractivity contribution >= 4 is 18.6 Å². The summed E-state index contributed by atoms with van der Waals surface area (Å²) >= 11 is 4.03. The van der Waals surface area contributed by atoms with Crippen LogP contribution in [0.4, 0.5) is 0 Å². The van der Waals surface area contributed by atoms with Gasteiger partial charge in [0.05, 0.1) is 27.4 Å². The van der Waals surface area contributed by atoms with Gasteiger partial charge in [0.15, 0.2) is 0 Å². The molecule has 6 heteroatoms. The number of carbonyl (C=O) groups is 1. The number of ether oxygens (including phenoxy) is 4. The molecule has 0 amide bonds. The van der Waals surface area contributed by atoms with E-state index in [2.05, 4.69) is 12.6 Å². The molecule has 0 aliphatic carbocycles. The Kier molecular flexibility index (Phi) is 7.14. The molecule has 5 nitrogen and oxygen atoms in total. The van der Waals surface area contributed by atoms with Crippen LogP contribution in [-0.2, 0) is 9.47 Å². The first kappa shape index (κ1) is 15.7. The van der Waals surface area contributed by atoms with Gasteiger partial charge in [-0.05, 0) is 12.1 Å². The minimum atomic E-state index is -0.450. The summed E-state index contributed by atoms with van der Waals surface area (Å²) in [4.78, 5) is 11.6. The zero-order valence-electron chi connectivity index (χ0n) is 11.0. The number of carbonyl (C=O) groups excluding carboxylic acids is 1. The molecule has 0 bridgehead atoms. The van der Waals surface area contributed by atoms with E-state index in [1.165, 1.54) is 7.11 Å². The van der Waals surface area contributed by atoms with Gasteiger partial charge in [-0.1, -0.05) is 0 Å². The van der Waals surface area contributed by atoms with E-state index in [1.807, 2.05) is 0 Å². The van der Waals surface area contributed by atoms with Crippen LogP contribution in [0.1, 0.15) is 10.4 Å². The number of rotatable bonds is 8. The molecule has 0 spiro atoms. The lowest BCUT2D eigenvalue weighted by Gasteiger charge is -2.11. The Labute approximate surface area is 118 Å². The van der Waals surface area contributed by atoms with Gasteiger partial charge >= 0.3 is 5.97 Å². The summed E-state index contributed by atoms with van der Waals surface area (Å²) in [6, 6.07) is 4.93. The largest absolute Gasteiger partial charge is 0.497 e. The number of esters is 1. The Morgan fingerprint density at radius 2 is 2.00 bits per heavy atom.